The van der Waals surface area contributed by atoms with Crippen molar-refractivity contribution in [1.82, 2.24) is 4.90 Å². The first-order chi connectivity index (χ1) is 24.6. The summed E-state index contributed by atoms with van der Waals surface area (Å²) in [5.41, 5.74) is 11.0. The number of benzene rings is 4. The van der Waals surface area contributed by atoms with E-state index in [9.17, 15) is 0 Å². The average molecular weight is 681 g/mol. The Morgan fingerprint density at radius 1 is 0.725 bits per heavy atom. The van der Waals surface area contributed by atoms with Crippen LogP contribution in [0.3, 0.4) is 0 Å². The fraction of sp³-hybridized carbons (Fsp3) is 0.396. The van der Waals surface area contributed by atoms with Crippen molar-refractivity contribution in [1.29, 1.82) is 0 Å². The molecule has 0 N–H and O–H groups in total. The molecule has 0 spiro atoms. The van der Waals surface area contributed by atoms with Crippen molar-refractivity contribution in [2.45, 2.75) is 91.9 Å². The molecule has 0 bridgehead atoms. The van der Waals surface area contributed by atoms with Gasteiger partial charge in [0.15, 0.2) is 5.71 Å². The van der Waals surface area contributed by atoms with Crippen molar-refractivity contribution in [3.63, 3.8) is 0 Å². The molecule has 0 unspecified atom stereocenters. The third-order valence-electron chi connectivity index (χ3n) is 10.8. The van der Waals surface area contributed by atoms with Gasteiger partial charge in [-0.15, -0.1) is 0 Å². The van der Waals surface area contributed by atoms with Crippen LogP contribution in [0.4, 0.5) is 11.4 Å². The van der Waals surface area contributed by atoms with E-state index in [0.29, 0.717) is 0 Å². The minimum Gasteiger partial charge on any atom is -0.344 e. The highest BCUT2D eigenvalue weighted by Crippen LogP contribution is 2.51. The topological polar surface area (TPSA) is 9.49 Å². The number of nitrogens with zero attached hydrogens (tertiary/aromatic N) is 3. The number of hydrogen-bond donors (Lipinski definition) is 0. The van der Waals surface area contributed by atoms with Gasteiger partial charge < -0.3 is 9.80 Å². The van der Waals surface area contributed by atoms with Crippen molar-refractivity contribution >= 4 is 38.6 Å². The maximum atomic E-state index is 2.60. The lowest BCUT2D eigenvalue weighted by atomic mass is 9.79. The predicted molar refractivity (Wildman–Crippen MR) is 225 cm³/mol. The van der Waals surface area contributed by atoms with Gasteiger partial charge in [-0.3, -0.25) is 0 Å². The molecular weight excluding hydrogens is 619 g/mol. The highest BCUT2D eigenvalue weighted by molar-refractivity contribution is 6.07. The van der Waals surface area contributed by atoms with E-state index in [0.717, 1.165) is 32.4 Å². The van der Waals surface area contributed by atoms with Crippen LogP contribution in [0.1, 0.15) is 92.2 Å². The number of allylic oxidation sites excluding steroid dienone is 8. The molecule has 1 aliphatic carbocycles. The van der Waals surface area contributed by atoms with Crippen molar-refractivity contribution in [2.75, 3.05) is 39.1 Å². The number of rotatable bonds is 7. The van der Waals surface area contributed by atoms with Gasteiger partial charge in [0.05, 0.1) is 5.41 Å². The molecule has 0 aromatic heterocycles. The van der Waals surface area contributed by atoms with Gasteiger partial charge in [0.25, 0.3) is 0 Å². The smallest absolute Gasteiger partial charge is 0.210 e. The zero-order valence-electron chi connectivity index (χ0n) is 33.4. The van der Waals surface area contributed by atoms with E-state index >= 15 is 0 Å². The van der Waals surface area contributed by atoms with Gasteiger partial charge in [-0.1, -0.05) is 114 Å². The van der Waals surface area contributed by atoms with Crippen LogP contribution in [0.5, 0.6) is 0 Å². The summed E-state index contributed by atoms with van der Waals surface area (Å²) in [7, 11) is 6.57. The van der Waals surface area contributed by atoms with Gasteiger partial charge in [-0.05, 0) is 117 Å². The van der Waals surface area contributed by atoms with Crippen LogP contribution in [0, 0.1) is 0 Å². The summed E-state index contributed by atoms with van der Waals surface area (Å²) in [4.78, 5) is 4.89. The van der Waals surface area contributed by atoms with E-state index in [4.69, 9.17) is 0 Å². The van der Waals surface area contributed by atoms with Gasteiger partial charge in [0.2, 0.25) is 5.69 Å². The maximum absolute atomic E-state index is 2.60. The zero-order chi connectivity index (χ0) is 36.9. The first-order valence-electron chi connectivity index (χ1n) is 19.5. The fourth-order valence-electron chi connectivity index (χ4n) is 8.53. The van der Waals surface area contributed by atoms with E-state index in [-0.39, 0.29) is 10.8 Å². The molecule has 4 aromatic rings. The lowest BCUT2D eigenvalue weighted by molar-refractivity contribution is -0.401. The molecule has 0 saturated heterocycles. The molecule has 0 amide bonds. The van der Waals surface area contributed by atoms with Crippen LogP contribution in [-0.4, -0.2) is 49.4 Å². The summed E-state index contributed by atoms with van der Waals surface area (Å²) in [6.07, 6.45) is 16.6. The minimum atomic E-state index is -0.0824. The second-order valence-electron chi connectivity index (χ2n) is 15.1. The monoisotopic (exact) mass is 680 g/mol. The van der Waals surface area contributed by atoms with Crippen LogP contribution in [0.25, 0.3) is 21.5 Å². The molecule has 0 fully saturated rings. The molecule has 3 heteroatoms. The quantitative estimate of drug-likeness (QED) is 0.180. The summed E-state index contributed by atoms with van der Waals surface area (Å²) >= 11 is 0. The Bertz CT molecular complexity index is 2030. The van der Waals surface area contributed by atoms with Crippen molar-refractivity contribution < 1.29 is 4.58 Å². The van der Waals surface area contributed by atoms with Crippen LogP contribution < -0.4 is 4.90 Å². The number of anilines is 1. The minimum absolute atomic E-state index is 0.0664. The molecule has 7 rings (SSSR count). The lowest BCUT2D eigenvalue weighted by Gasteiger charge is -2.27. The highest BCUT2D eigenvalue weighted by Gasteiger charge is 2.44. The molecule has 4 aromatic carbocycles. The van der Waals surface area contributed by atoms with E-state index in [1.54, 1.807) is 0 Å². The van der Waals surface area contributed by atoms with Gasteiger partial charge in [0.1, 0.15) is 7.05 Å². The van der Waals surface area contributed by atoms with E-state index in [2.05, 4.69) is 166 Å². The fourth-order valence-corrected chi connectivity index (χ4v) is 8.53. The standard InChI is InChI=1S/C44H50N3.2C2H6/c1-43(2)39(46(7)37-24-22-33-16-8-10-18-35(33)41(37)43)26-20-31-14-12-15-32(30-31)21-27-40-44(3,4)42-36-19-11-9-17-34(36)23-25-38(42)47(40)29-13-28-45(5)6;2*1-2/h8-11,16-27,30H,12-15,28-29H2,1-7H3;2*1-2H3/q+1;;. The van der Waals surface area contributed by atoms with Crippen LogP contribution in [-0.2, 0) is 10.8 Å². The second-order valence-corrected chi connectivity index (χ2v) is 15.1. The summed E-state index contributed by atoms with van der Waals surface area (Å²) in [6.45, 7) is 19.7. The van der Waals surface area contributed by atoms with Gasteiger partial charge >= 0.3 is 0 Å². The van der Waals surface area contributed by atoms with Gasteiger partial charge in [-0.2, -0.15) is 4.58 Å². The summed E-state index contributed by atoms with van der Waals surface area (Å²) in [5.74, 6) is 0. The van der Waals surface area contributed by atoms with Crippen molar-refractivity contribution in [3.8, 4) is 0 Å². The normalized spacial score (nSPS) is 19.0. The van der Waals surface area contributed by atoms with Crippen LogP contribution >= 0.6 is 0 Å². The first-order valence-corrected chi connectivity index (χ1v) is 19.5. The molecular formula is C48H62N3+. The molecule has 268 valence electrons. The SMILES string of the molecule is CC.CC.CN(C)CCCN1/C(=C/C=C2C=C(/C=C/C3=[N+](C)c4ccc5ccccc5c4C3(C)C)CCC/2)C(C)(C)c2c1ccc1ccccc21. The Balaban J connectivity index is 0.00000122. The molecule has 0 radical (unpaired) electrons. The third kappa shape index (κ3) is 7.28. The van der Waals surface area contributed by atoms with Gasteiger partial charge in [-0.25, -0.2) is 0 Å². The van der Waals surface area contributed by atoms with Crippen molar-refractivity contribution in [2.24, 2.45) is 0 Å². The third-order valence-corrected chi connectivity index (χ3v) is 10.8. The highest BCUT2D eigenvalue weighted by atomic mass is 15.2. The van der Waals surface area contributed by atoms with Crippen molar-refractivity contribution in [3.05, 3.63) is 131 Å². The van der Waals surface area contributed by atoms with Gasteiger partial charge in [0, 0.05) is 41.1 Å². The Labute approximate surface area is 309 Å². The predicted octanol–water partition coefficient (Wildman–Crippen LogP) is 12.3. The molecule has 3 aliphatic rings. The molecule has 0 saturated carbocycles. The van der Waals surface area contributed by atoms with E-state index in [1.165, 1.54) is 73.0 Å². The number of hydrogen-bond acceptors (Lipinski definition) is 2. The summed E-state index contributed by atoms with van der Waals surface area (Å²) < 4.78 is 2.40. The first kappa shape index (κ1) is 38.0. The Hall–Kier alpha value is -4.21. The van der Waals surface area contributed by atoms with Crippen LogP contribution in [0.15, 0.2) is 120 Å². The molecule has 0 atom stereocenters. The molecule has 3 nitrogen and oxygen atoms in total. The Morgan fingerprint density at radius 3 is 2.02 bits per heavy atom. The maximum Gasteiger partial charge on any atom is 0.210 e. The Kier molecular flexibility index (Phi) is 11.9. The Morgan fingerprint density at radius 2 is 1.35 bits per heavy atom. The zero-order valence-corrected chi connectivity index (χ0v) is 33.4. The van der Waals surface area contributed by atoms with E-state index < -0.39 is 0 Å². The summed E-state index contributed by atoms with van der Waals surface area (Å²) in [6, 6.07) is 26.9. The molecule has 2 aliphatic heterocycles. The van der Waals surface area contributed by atoms with E-state index in [1.807, 2.05) is 27.7 Å². The number of fused-ring (bicyclic) bond motifs is 6. The molecule has 51 heavy (non-hydrogen) atoms. The van der Waals surface area contributed by atoms with Crippen LogP contribution in [0.2, 0.25) is 0 Å². The average Bonchev–Trinajstić information content (AvgIpc) is 3.48. The second kappa shape index (κ2) is 16.0. The largest absolute Gasteiger partial charge is 0.344 e. The summed E-state index contributed by atoms with van der Waals surface area (Å²) in [5, 5.41) is 5.38. The molecule has 2 heterocycles. The lowest BCUT2D eigenvalue weighted by Crippen LogP contribution is -2.28.